The Kier molecular flexibility index (Phi) is 5.27. The Morgan fingerprint density at radius 2 is 2.10 bits per heavy atom. The Bertz CT molecular complexity index is 610. The molecule has 21 heavy (non-hydrogen) atoms. The van der Waals surface area contributed by atoms with E-state index in [9.17, 15) is 4.79 Å². The van der Waals surface area contributed by atoms with Gasteiger partial charge in [0.2, 0.25) is 5.13 Å². The van der Waals surface area contributed by atoms with Gasteiger partial charge in [-0.15, -0.1) is 10.2 Å². The lowest BCUT2D eigenvalue weighted by Crippen LogP contribution is -2.20. The van der Waals surface area contributed by atoms with Crippen LogP contribution in [0.2, 0.25) is 0 Å². The number of para-hydroxylation sites is 1. The minimum absolute atomic E-state index is 0.0341. The van der Waals surface area contributed by atoms with Crippen molar-refractivity contribution in [2.75, 3.05) is 11.9 Å². The Morgan fingerprint density at radius 1 is 1.33 bits per heavy atom. The first-order chi connectivity index (χ1) is 10.1. The molecule has 2 rings (SSSR count). The van der Waals surface area contributed by atoms with Crippen LogP contribution in [0, 0.1) is 0 Å². The number of ether oxygens (including phenoxy) is 1. The fourth-order valence-electron chi connectivity index (χ4n) is 1.75. The van der Waals surface area contributed by atoms with Gasteiger partial charge in [0.25, 0.3) is 5.91 Å². The summed E-state index contributed by atoms with van der Waals surface area (Å²) in [5.41, 5.74) is 1.09. The molecular formula is C15H19N3O2S. The molecule has 1 amide bonds. The summed E-state index contributed by atoms with van der Waals surface area (Å²) in [6.45, 7) is 6.10. The molecular weight excluding hydrogens is 286 g/mol. The van der Waals surface area contributed by atoms with Crippen molar-refractivity contribution in [3.05, 3.63) is 34.8 Å². The number of anilines is 1. The second-order valence-electron chi connectivity index (χ2n) is 4.90. The molecule has 2 aromatic rings. The van der Waals surface area contributed by atoms with Gasteiger partial charge in [-0.25, -0.2) is 0 Å². The minimum Gasteiger partial charge on any atom is -0.483 e. The van der Waals surface area contributed by atoms with Crippen LogP contribution in [0.3, 0.4) is 0 Å². The van der Waals surface area contributed by atoms with E-state index in [2.05, 4.69) is 22.4 Å². The molecule has 5 nitrogen and oxygen atoms in total. The van der Waals surface area contributed by atoms with Crippen LogP contribution in [0.5, 0.6) is 5.75 Å². The van der Waals surface area contributed by atoms with Crippen LogP contribution in [0.4, 0.5) is 5.13 Å². The Labute approximate surface area is 128 Å². The zero-order valence-corrected chi connectivity index (χ0v) is 13.2. The lowest BCUT2D eigenvalue weighted by Gasteiger charge is -2.09. The summed E-state index contributed by atoms with van der Waals surface area (Å²) in [5, 5.41) is 12.1. The molecule has 0 aliphatic rings. The second-order valence-corrected chi connectivity index (χ2v) is 5.91. The van der Waals surface area contributed by atoms with Gasteiger partial charge in [0.15, 0.2) is 6.61 Å². The predicted octanol–water partition coefficient (Wildman–Crippen LogP) is 3.24. The summed E-state index contributed by atoms with van der Waals surface area (Å²) >= 11 is 1.39. The minimum atomic E-state index is -0.229. The number of hydrogen-bond donors (Lipinski definition) is 1. The molecule has 6 heteroatoms. The molecule has 0 unspecified atom stereocenters. The molecule has 0 fully saturated rings. The molecule has 0 spiro atoms. The molecule has 0 radical (unpaired) electrons. The molecule has 1 aromatic heterocycles. The van der Waals surface area contributed by atoms with E-state index in [4.69, 9.17) is 4.74 Å². The van der Waals surface area contributed by atoms with E-state index in [1.54, 1.807) is 0 Å². The fourth-order valence-corrected chi connectivity index (χ4v) is 2.52. The van der Waals surface area contributed by atoms with Gasteiger partial charge in [-0.2, -0.15) is 0 Å². The second kappa shape index (κ2) is 7.17. The zero-order valence-electron chi connectivity index (χ0n) is 12.4. The van der Waals surface area contributed by atoms with Crippen LogP contribution >= 0.6 is 11.3 Å². The zero-order chi connectivity index (χ0) is 15.2. The van der Waals surface area contributed by atoms with E-state index < -0.39 is 0 Å². The van der Waals surface area contributed by atoms with Crippen LogP contribution in [-0.2, 0) is 11.2 Å². The summed E-state index contributed by atoms with van der Waals surface area (Å²) < 4.78 is 5.56. The highest BCUT2D eigenvalue weighted by Crippen LogP contribution is 2.22. The average Bonchev–Trinajstić information content (AvgIpc) is 2.94. The smallest absolute Gasteiger partial charge is 0.264 e. The van der Waals surface area contributed by atoms with E-state index in [0.717, 1.165) is 22.7 Å². The highest BCUT2D eigenvalue weighted by molar-refractivity contribution is 7.15. The number of aromatic nitrogens is 2. The maximum absolute atomic E-state index is 11.9. The first kappa shape index (κ1) is 15.4. The number of nitrogens with zero attached hydrogens (tertiary/aromatic N) is 2. The largest absolute Gasteiger partial charge is 0.483 e. The Hall–Kier alpha value is -1.95. The molecule has 1 N–H and O–H groups in total. The number of hydrogen-bond acceptors (Lipinski definition) is 5. The summed E-state index contributed by atoms with van der Waals surface area (Å²) in [5.74, 6) is 0.823. The molecule has 112 valence electrons. The predicted molar refractivity (Wildman–Crippen MR) is 83.9 cm³/mol. The van der Waals surface area contributed by atoms with Crippen molar-refractivity contribution in [3.63, 3.8) is 0 Å². The highest BCUT2D eigenvalue weighted by atomic mass is 32.1. The van der Waals surface area contributed by atoms with Crippen molar-refractivity contribution >= 4 is 22.4 Å². The average molecular weight is 305 g/mol. The summed E-state index contributed by atoms with van der Waals surface area (Å²) in [7, 11) is 0. The quantitative estimate of drug-likeness (QED) is 0.890. The molecule has 1 aromatic carbocycles. The third-order valence-corrected chi connectivity index (χ3v) is 4.03. The molecule has 0 saturated heterocycles. The third kappa shape index (κ3) is 4.26. The number of carbonyl (C=O) groups is 1. The number of aryl methyl sites for hydroxylation is 1. The Morgan fingerprint density at radius 3 is 2.76 bits per heavy atom. The molecule has 0 atom stereocenters. The van der Waals surface area contributed by atoms with Crippen LogP contribution in [-0.4, -0.2) is 22.7 Å². The van der Waals surface area contributed by atoms with Crippen molar-refractivity contribution in [2.24, 2.45) is 0 Å². The molecule has 1 heterocycles. The highest BCUT2D eigenvalue weighted by Gasteiger charge is 2.11. The topological polar surface area (TPSA) is 64.1 Å². The number of amides is 1. The summed E-state index contributed by atoms with van der Waals surface area (Å²) in [6, 6.07) is 7.72. The SMILES string of the molecule is CCc1ccccc1OCC(=O)Nc1nnc(C(C)C)s1. The van der Waals surface area contributed by atoms with Crippen LogP contribution in [0.25, 0.3) is 0 Å². The van der Waals surface area contributed by atoms with Crippen molar-refractivity contribution in [3.8, 4) is 5.75 Å². The lowest BCUT2D eigenvalue weighted by molar-refractivity contribution is -0.118. The lowest BCUT2D eigenvalue weighted by atomic mass is 10.1. The van der Waals surface area contributed by atoms with Gasteiger partial charge in [-0.1, -0.05) is 50.3 Å². The van der Waals surface area contributed by atoms with Gasteiger partial charge in [0.1, 0.15) is 10.8 Å². The van der Waals surface area contributed by atoms with Gasteiger partial charge >= 0.3 is 0 Å². The standard InChI is InChI=1S/C15H19N3O2S/c1-4-11-7-5-6-8-12(11)20-9-13(19)16-15-18-17-14(21-15)10(2)3/h5-8,10H,4,9H2,1-3H3,(H,16,18,19). The van der Waals surface area contributed by atoms with Gasteiger partial charge in [-0.3, -0.25) is 10.1 Å². The van der Waals surface area contributed by atoms with Gasteiger partial charge < -0.3 is 4.74 Å². The van der Waals surface area contributed by atoms with Crippen molar-refractivity contribution in [1.29, 1.82) is 0 Å². The van der Waals surface area contributed by atoms with E-state index in [1.807, 2.05) is 38.1 Å². The molecule has 0 bridgehead atoms. The van der Waals surface area contributed by atoms with Gasteiger partial charge in [-0.05, 0) is 18.1 Å². The maximum atomic E-state index is 11.9. The van der Waals surface area contributed by atoms with Crippen LogP contribution < -0.4 is 10.1 Å². The number of nitrogens with one attached hydrogen (secondary N) is 1. The maximum Gasteiger partial charge on any atom is 0.264 e. The van der Waals surface area contributed by atoms with Gasteiger partial charge in [0, 0.05) is 5.92 Å². The van der Waals surface area contributed by atoms with E-state index in [-0.39, 0.29) is 12.5 Å². The first-order valence-electron chi connectivity index (χ1n) is 6.94. The van der Waals surface area contributed by atoms with E-state index >= 15 is 0 Å². The fraction of sp³-hybridized carbons (Fsp3) is 0.400. The van der Waals surface area contributed by atoms with Crippen molar-refractivity contribution in [1.82, 2.24) is 10.2 Å². The van der Waals surface area contributed by atoms with E-state index in [0.29, 0.717) is 11.0 Å². The third-order valence-electron chi connectivity index (χ3n) is 2.89. The van der Waals surface area contributed by atoms with Crippen LogP contribution in [0.1, 0.15) is 37.3 Å². The molecule has 0 aliphatic carbocycles. The number of carbonyl (C=O) groups excluding carboxylic acids is 1. The van der Waals surface area contributed by atoms with Crippen LogP contribution in [0.15, 0.2) is 24.3 Å². The van der Waals surface area contributed by atoms with E-state index in [1.165, 1.54) is 11.3 Å². The molecule has 0 aliphatic heterocycles. The van der Waals surface area contributed by atoms with Crippen molar-refractivity contribution in [2.45, 2.75) is 33.1 Å². The normalized spacial score (nSPS) is 10.7. The first-order valence-corrected chi connectivity index (χ1v) is 7.75. The summed E-state index contributed by atoms with van der Waals surface area (Å²) in [4.78, 5) is 11.9. The van der Waals surface area contributed by atoms with Crippen molar-refractivity contribution < 1.29 is 9.53 Å². The number of rotatable bonds is 6. The monoisotopic (exact) mass is 305 g/mol. The molecule has 0 saturated carbocycles. The summed E-state index contributed by atoms with van der Waals surface area (Å²) in [6.07, 6.45) is 0.867. The number of benzene rings is 1. The van der Waals surface area contributed by atoms with Gasteiger partial charge in [0.05, 0.1) is 0 Å². The Balaban J connectivity index is 1.89.